The third-order valence-electron chi connectivity index (χ3n) is 3.45. The molecule has 2 aromatic rings. The first kappa shape index (κ1) is 15.5. The van der Waals surface area contributed by atoms with E-state index in [0.717, 1.165) is 23.3 Å². The molecule has 2 rings (SSSR count). The molecule has 21 heavy (non-hydrogen) atoms. The maximum atomic E-state index is 11.7. The molecule has 0 atom stereocenters. The lowest BCUT2D eigenvalue weighted by atomic mass is 10.1. The Balaban J connectivity index is 2.08. The first-order valence-corrected chi connectivity index (χ1v) is 7.71. The maximum Gasteiger partial charge on any atom is 0.220 e. The number of nitrogens with zero attached hydrogens (tertiary/aromatic N) is 2. The first-order valence-electron chi connectivity index (χ1n) is 7.71. The molecule has 1 heterocycles. The zero-order valence-electron chi connectivity index (χ0n) is 13.4. The van der Waals surface area contributed by atoms with Gasteiger partial charge in [-0.05, 0) is 31.9 Å². The topological polar surface area (TPSA) is 46.9 Å². The van der Waals surface area contributed by atoms with Crippen LogP contribution in [-0.4, -0.2) is 22.0 Å². The van der Waals surface area contributed by atoms with Crippen LogP contribution in [0.3, 0.4) is 0 Å². The summed E-state index contributed by atoms with van der Waals surface area (Å²) < 4.78 is 2.25. The lowest BCUT2D eigenvalue weighted by Crippen LogP contribution is -2.27. The number of hydrogen-bond donors (Lipinski definition) is 1. The summed E-state index contributed by atoms with van der Waals surface area (Å²) in [5.41, 5.74) is 2.19. The van der Waals surface area contributed by atoms with Crippen LogP contribution in [-0.2, 0) is 11.2 Å². The molecular formula is C17H25N3O. The second kappa shape index (κ2) is 6.74. The molecule has 1 N–H and O–H groups in total. The summed E-state index contributed by atoms with van der Waals surface area (Å²) in [6, 6.07) is 8.54. The van der Waals surface area contributed by atoms with Gasteiger partial charge in [-0.1, -0.05) is 26.0 Å². The van der Waals surface area contributed by atoms with E-state index in [-0.39, 0.29) is 5.91 Å². The summed E-state index contributed by atoms with van der Waals surface area (Å²) in [6.07, 6.45) is 1.34. The standard InChI is InChI=1S/C17H25N3O/c1-12(2)11-17(21)18-10-9-16-19-14-7-5-6-8-15(14)20(16)13(3)4/h5-8,12-13H,9-11H2,1-4H3,(H,18,21). The Hall–Kier alpha value is -1.84. The number of nitrogens with one attached hydrogen (secondary N) is 1. The largest absolute Gasteiger partial charge is 0.356 e. The highest BCUT2D eigenvalue weighted by Crippen LogP contribution is 2.20. The minimum Gasteiger partial charge on any atom is -0.356 e. The van der Waals surface area contributed by atoms with Crippen LogP contribution in [0.15, 0.2) is 24.3 Å². The van der Waals surface area contributed by atoms with E-state index in [2.05, 4.69) is 43.6 Å². The van der Waals surface area contributed by atoms with E-state index in [1.54, 1.807) is 0 Å². The second-order valence-corrected chi connectivity index (χ2v) is 6.18. The number of imidazole rings is 1. The van der Waals surface area contributed by atoms with E-state index in [0.29, 0.717) is 24.9 Å². The van der Waals surface area contributed by atoms with Gasteiger partial charge in [-0.3, -0.25) is 4.79 Å². The molecule has 0 radical (unpaired) electrons. The molecule has 4 heteroatoms. The number of benzene rings is 1. The van der Waals surface area contributed by atoms with Gasteiger partial charge >= 0.3 is 0 Å². The van der Waals surface area contributed by atoms with Gasteiger partial charge in [0, 0.05) is 25.4 Å². The van der Waals surface area contributed by atoms with Gasteiger partial charge in [0.05, 0.1) is 11.0 Å². The molecule has 0 aliphatic rings. The van der Waals surface area contributed by atoms with Crippen molar-refractivity contribution < 1.29 is 4.79 Å². The minimum atomic E-state index is 0.122. The molecule has 1 aromatic heterocycles. The Labute approximate surface area is 126 Å². The summed E-state index contributed by atoms with van der Waals surface area (Å²) in [4.78, 5) is 16.4. The highest BCUT2D eigenvalue weighted by molar-refractivity contribution is 5.77. The fourth-order valence-corrected chi connectivity index (χ4v) is 2.60. The van der Waals surface area contributed by atoms with Gasteiger partial charge in [0.15, 0.2) is 0 Å². The Bertz CT molecular complexity index is 614. The zero-order chi connectivity index (χ0) is 15.4. The van der Waals surface area contributed by atoms with Gasteiger partial charge in [0.25, 0.3) is 0 Å². The molecule has 0 spiro atoms. The molecule has 0 saturated heterocycles. The van der Waals surface area contributed by atoms with Crippen LogP contribution in [0.25, 0.3) is 11.0 Å². The normalized spacial score (nSPS) is 11.5. The van der Waals surface area contributed by atoms with Crippen molar-refractivity contribution in [2.45, 2.75) is 46.6 Å². The summed E-state index contributed by atoms with van der Waals surface area (Å²) in [5, 5.41) is 2.98. The number of carbonyl (C=O) groups excluding carboxylic acids is 1. The summed E-state index contributed by atoms with van der Waals surface area (Å²) in [7, 11) is 0. The van der Waals surface area contributed by atoms with E-state index in [4.69, 9.17) is 4.98 Å². The van der Waals surface area contributed by atoms with Crippen molar-refractivity contribution in [2.24, 2.45) is 5.92 Å². The Kier molecular flexibility index (Phi) is 4.99. The van der Waals surface area contributed by atoms with Gasteiger partial charge in [-0.25, -0.2) is 4.98 Å². The van der Waals surface area contributed by atoms with Gasteiger partial charge < -0.3 is 9.88 Å². The van der Waals surface area contributed by atoms with Gasteiger partial charge in [-0.2, -0.15) is 0 Å². The molecule has 0 unspecified atom stereocenters. The van der Waals surface area contributed by atoms with Gasteiger partial charge in [0.2, 0.25) is 5.91 Å². The van der Waals surface area contributed by atoms with Crippen molar-refractivity contribution in [2.75, 3.05) is 6.54 Å². The van der Waals surface area contributed by atoms with Crippen molar-refractivity contribution in [3.63, 3.8) is 0 Å². The molecule has 4 nitrogen and oxygen atoms in total. The van der Waals surface area contributed by atoms with E-state index >= 15 is 0 Å². The highest BCUT2D eigenvalue weighted by atomic mass is 16.1. The predicted molar refractivity (Wildman–Crippen MR) is 86.3 cm³/mol. The third kappa shape index (κ3) is 3.84. The molecule has 114 valence electrons. The maximum absolute atomic E-state index is 11.7. The van der Waals surface area contributed by atoms with Crippen molar-refractivity contribution in [3.8, 4) is 0 Å². The monoisotopic (exact) mass is 287 g/mol. The fourth-order valence-electron chi connectivity index (χ4n) is 2.60. The summed E-state index contributed by atoms with van der Waals surface area (Å²) >= 11 is 0. The lowest BCUT2D eigenvalue weighted by Gasteiger charge is -2.13. The molecule has 0 bridgehead atoms. The number of aromatic nitrogens is 2. The van der Waals surface area contributed by atoms with E-state index in [9.17, 15) is 4.79 Å². The predicted octanol–water partition coefficient (Wildman–Crippen LogP) is 3.32. The fraction of sp³-hybridized carbons (Fsp3) is 0.529. The quantitative estimate of drug-likeness (QED) is 0.886. The molecule has 1 aromatic carbocycles. The Morgan fingerprint density at radius 1 is 1.24 bits per heavy atom. The van der Waals surface area contributed by atoms with Crippen LogP contribution in [0.4, 0.5) is 0 Å². The van der Waals surface area contributed by atoms with Crippen LogP contribution in [0, 0.1) is 5.92 Å². The number of carbonyl (C=O) groups is 1. The number of fused-ring (bicyclic) bond motifs is 1. The molecule has 0 fully saturated rings. The van der Waals surface area contributed by atoms with Crippen LogP contribution < -0.4 is 5.32 Å². The molecule has 0 saturated carbocycles. The number of rotatable bonds is 6. The van der Waals surface area contributed by atoms with Crippen LogP contribution in [0.2, 0.25) is 0 Å². The van der Waals surface area contributed by atoms with E-state index in [1.165, 1.54) is 0 Å². The molecule has 0 aliphatic heterocycles. The minimum absolute atomic E-state index is 0.122. The van der Waals surface area contributed by atoms with E-state index < -0.39 is 0 Å². The smallest absolute Gasteiger partial charge is 0.220 e. The van der Waals surface area contributed by atoms with Crippen molar-refractivity contribution in [1.29, 1.82) is 0 Å². The van der Waals surface area contributed by atoms with Gasteiger partial charge in [0.1, 0.15) is 5.82 Å². The lowest BCUT2D eigenvalue weighted by molar-refractivity contribution is -0.121. The average molecular weight is 287 g/mol. The van der Waals surface area contributed by atoms with E-state index in [1.807, 2.05) is 18.2 Å². The van der Waals surface area contributed by atoms with Crippen molar-refractivity contribution >= 4 is 16.9 Å². The van der Waals surface area contributed by atoms with Crippen molar-refractivity contribution in [3.05, 3.63) is 30.1 Å². The number of hydrogen-bond acceptors (Lipinski definition) is 2. The number of para-hydroxylation sites is 2. The second-order valence-electron chi connectivity index (χ2n) is 6.18. The average Bonchev–Trinajstić information content (AvgIpc) is 2.75. The Morgan fingerprint density at radius 2 is 1.95 bits per heavy atom. The summed E-state index contributed by atoms with van der Waals surface area (Å²) in [6.45, 7) is 9.07. The highest BCUT2D eigenvalue weighted by Gasteiger charge is 2.13. The SMILES string of the molecule is CC(C)CC(=O)NCCc1nc2ccccc2n1C(C)C. The van der Waals surface area contributed by atoms with Crippen LogP contribution in [0.5, 0.6) is 0 Å². The molecule has 1 amide bonds. The first-order chi connectivity index (χ1) is 9.99. The summed E-state index contributed by atoms with van der Waals surface area (Å²) in [5.74, 6) is 1.55. The van der Waals surface area contributed by atoms with Crippen molar-refractivity contribution in [1.82, 2.24) is 14.9 Å². The zero-order valence-corrected chi connectivity index (χ0v) is 13.4. The van der Waals surface area contributed by atoms with Crippen LogP contribution >= 0.6 is 0 Å². The Morgan fingerprint density at radius 3 is 2.62 bits per heavy atom. The van der Waals surface area contributed by atoms with Gasteiger partial charge in [-0.15, -0.1) is 0 Å². The van der Waals surface area contributed by atoms with Crippen LogP contribution in [0.1, 0.15) is 46.0 Å². The molecular weight excluding hydrogens is 262 g/mol. The molecule has 0 aliphatic carbocycles. The third-order valence-corrected chi connectivity index (χ3v) is 3.45. The number of amides is 1.